The van der Waals surface area contributed by atoms with Crippen LogP contribution in [0.1, 0.15) is 11.8 Å². The highest BCUT2D eigenvalue weighted by atomic mass is 32.1. The van der Waals surface area contributed by atoms with E-state index in [0.717, 1.165) is 5.57 Å². The van der Waals surface area contributed by atoms with Crippen LogP contribution in [0.5, 0.6) is 0 Å². The lowest BCUT2D eigenvalue weighted by Gasteiger charge is -1.90. The van der Waals surface area contributed by atoms with Crippen molar-refractivity contribution < 1.29 is 5.11 Å². The van der Waals surface area contributed by atoms with E-state index >= 15 is 0 Å². The zero-order valence-electron chi connectivity index (χ0n) is 5.87. The molecule has 1 N–H and O–H groups in total. The Morgan fingerprint density at radius 3 is 3.10 bits per heavy atom. The molecule has 0 atom stereocenters. The minimum atomic E-state index is 0.151. The summed E-state index contributed by atoms with van der Waals surface area (Å²) < 4.78 is 0. The quantitative estimate of drug-likeness (QED) is 0.692. The van der Waals surface area contributed by atoms with E-state index in [1.54, 1.807) is 11.3 Å². The molecule has 0 bridgehead atoms. The summed E-state index contributed by atoms with van der Waals surface area (Å²) in [7, 11) is 0. The normalized spacial score (nSPS) is 12.0. The molecule has 0 amide bonds. The maximum Gasteiger partial charge on any atom is 0.0642 e. The van der Waals surface area contributed by atoms with Crippen LogP contribution in [0.25, 0.3) is 6.08 Å². The van der Waals surface area contributed by atoms with E-state index in [4.69, 9.17) is 5.11 Å². The highest BCUT2D eigenvalue weighted by Crippen LogP contribution is 2.12. The van der Waals surface area contributed by atoms with E-state index in [0.29, 0.717) is 0 Å². The van der Waals surface area contributed by atoms with E-state index in [2.05, 4.69) is 0 Å². The van der Waals surface area contributed by atoms with Crippen LogP contribution >= 0.6 is 11.3 Å². The molecule has 0 unspecified atom stereocenters. The van der Waals surface area contributed by atoms with Crippen molar-refractivity contribution in [3.8, 4) is 0 Å². The van der Waals surface area contributed by atoms with E-state index in [1.807, 2.05) is 30.5 Å². The molecule has 1 heterocycles. The van der Waals surface area contributed by atoms with Gasteiger partial charge in [0.2, 0.25) is 0 Å². The Kier molecular flexibility index (Phi) is 2.66. The maximum atomic E-state index is 8.67. The van der Waals surface area contributed by atoms with Crippen molar-refractivity contribution in [3.05, 3.63) is 28.0 Å². The Bertz CT molecular complexity index is 211. The van der Waals surface area contributed by atoms with Crippen LogP contribution in [0, 0.1) is 0 Å². The van der Waals surface area contributed by atoms with Crippen LogP contribution in [-0.2, 0) is 0 Å². The van der Waals surface area contributed by atoms with Crippen molar-refractivity contribution >= 4 is 17.4 Å². The number of rotatable bonds is 2. The average Bonchev–Trinajstić information content (AvgIpc) is 2.40. The fourth-order valence-corrected chi connectivity index (χ4v) is 1.40. The standard InChI is InChI=1S/C8H10OS/c1-7(6-9)5-8-3-2-4-10-8/h2-5,9H,6H2,1H3. The lowest BCUT2D eigenvalue weighted by Crippen LogP contribution is -1.81. The second kappa shape index (κ2) is 3.54. The van der Waals surface area contributed by atoms with Gasteiger partial charge >= 0.3 is 0 Å². The number of aliphatic hydroxyl groups is 1. The summed E-state index contributed by atoms with van der Waals surface area (Å²) in [6.07, 6.45) is 1.99. The van der Waals surface area contributed by atoms with Gasteiger partial charge in [-0.05, 0) is 30.0 Å². The Labute approximate surface area is 64.6 Å². The van der Waals surface area contributed by atoms with Crippen LogP contribution in [0.4, 0.5) is 0 Å². The maximum absolute atomic E-state index is 8.67. The Morgan fingerprint density at radius 1 is 1.80 bits per heavy atom. The van der Waals surface area contributed by atoms with Crippen molar-refractivity contribution in [2.45, 2.75) is 6.92 Å². The minimum absolute atomic E-state index is 0.151. The van der Waals surface area contributed by atoms with Gasteiger partial charge in [0.25, 0.3) is 0 Å². The van der Waals surface area contributed by atoms with Crippen molar-refractivity contribution in [1.82, 2.24) is 0 Å². The highest BCUT2D eigenvalue weighted by molar-refractivity contribution is 7.10. The third-order valence-electron chi connectivity index (χ3n) is 1.18. The predicted molar refractivity (Wildman–Crippen MR) is 45.1 cm³/mol. The molecule has 0 radical (unpaired) electrons. The van der Waals surface area contributed by atoms with E-state index in [9.17, 15) is 0 Å². The van der Waals surface area contributed by atoms with E-state index < -0.39 is 0 Å². The summed E-state index contributed by atoms with van der Waals surface area (Å²) in [5, 5.41) is 10.7. The van der Waals surface area contributed by atoms with Gasteiger partial charge in [0.15, 0.2) is 0 Å². The summed E-state index contributed by atoms with van der Waals surface area (Å²) in [5.74, 6) is 0. The largest absolute Gasteiger partial charge is 0.392 e. The molecule has 1 rings (SSSR count). The lowest BCUT2D eigenvalue weighted by atomic mass is 10.3. The molecule has 0 aliphatic heterocycles. The van der Waals surface area contributed by atoms with Gasteiger partial charge < -0.3 is 5.11 Å². The van der Waals surface area contributed by atoms with Gasteiger partial charge in [0, 0.05) is 4.88 Å². The summed E-state index contributed by atoms with van der Waals surface area (Å²) in [6.45, 7) is 2.07. The molecule has 2 heteroatoms. The summed E-state index contributed by atoms with van der Waals surface area (Å²) >= 11 is 1.68. The first-order valence-electron chi connectivity index (χ1n) is 3.14. The van der Waals surface area contributed by atoms with Gasteiger partial charge in [-0.2, -0.15) is 0 Å². The molecule has 0 spiro atoms. The van der Waals surface area contributed by atoms with Gasteiger partial charge in [-0.25, -0.2) is 0 Å². The SMILES string of the molecule is CC(=Cc1cccs1)CO. The summed E-state index contributed by atoms with van der Waals surface area (Å²) in [6, 6.07) is 4.03. The second-order valence-corrected chi connectivity index (χ2v) is 3.14. The van der Waals surface area contributed by atoms with Gasteiger partial charge in [-0.15, -0.1) is 11.3 Å². The zero-order valence-corrected chi connectivity index (χ0v) is 6.69. The van der Waals surface area contributed by atoms with Crippen LogP contribution in [0.2, 0.25) is 0 Å². The molecule has 0 aliphatic rings. The molecule has 1 aromatic heterocycles. The fraction of sp³-hybridized carbons (Fsp3) is 0.250. The Balaban J connectivity index is 2.71. The molecular weight excluding hydrogens is 144 g/mol. The number of thiophene rings is 1. The molecule has 0 saturated heterocycles. The minimum Gasteiger partial charge on any atom is -0.392 e. The molecule has 1 aromatic rings. The summed E-state index contributed by atoms with van der Waals surface area (Å²) in [5.41, 5.74) is 1.00. The van der Waals surface area contributed by atoms with Crippen molar-refractivity contribution in [3.63, 3.8) is 0 Å². The van der Waals surface area contributed by atoms with Gasteiger partial charge in [0.1, 0.15) is 0 Å². The topological polar surface area (TPSA) is 20.2 Å². The highest BCUT2D eigenvalue weighted by Gasteiger charge is 1.88. The first-order chi connectivity index (χ1) is 4.83. The zero-order chi connectivity index (χ0) is 7.40. The van der Waals surface area contributed by atoms with Crippen molar-refractivity contribution in [2.75, 3.05) is 6.61 Å². The lowest BCUT2D eigenvalue weighted by molar-refractivity contribution is 0.332. The molecule has 54 valence electrons. The fourth-order valence-electron chi connectivity index (χ4n) is 0.662. The first kappa shape index (κ1) is 7.51. The second-order valence-electron chi connectivity index (χ2n) is 2.16. The molecule has 10 heavy (non-hydrogen) atoms. The molecule has 1 nitrogen and oxygen atoms in total. The van der Waals surface area contributed by atoms with Gasteiger partial charge in [-0.3, -0.25) is 0 Å². The van der Waals surface area contributed by atoms with Crippen molar-refractivity contribution in [2.24, 2.45) is 0 Å². The van der Waals surface area contributed by atoms with Crippen LogP contribution in [0.3, 0.4) is 0 Å². The number of hydrogen-bond acceptors (Lipinski definition) is 2. The average molecular weight is 154 g/mol. The predicted octanol–water partition coefficient (Wildman–Crippen LogP) is 2.14. The van der Waals surface area contributed by atoms with E-state index in [-0.39, 0.29) is 6.61 Å². The van der Waals surface area contributed by atoms with Crippen LogP contribution in [-0.4, -0.2) is 11.7 Å². The third-order valence-corrected chi connectivity index (χ3v) is 2.00. The molecule has 0 aliphatic carbocycles. The monoisotopic (exact) mass is 154 g/mol. The first-order valence-corrected chi connectivity index (χ1v) is 4.02. The Hall–Kier alpha value is -0.600. The summed E-state index contributed by atoms with van der Waals surface area (Å²) in [4.78, 5) is 1.20. The van der Waals surface area contributed by atoms with Crippen LogP contribution < -0.4 is 0 Å². The Morgan fingerprint density at radius 2 is 2.60 bits per heavy atom. The smallest absolute Gasteiger partial charge is 0.0642 e. The van der Waals surface area contributed by atoms with Crippen molar-refractivity contribution in [1.29, 1.82) is 0 Å². The van der Waals surface area contributed by atoms with Crippen LogP contribution in [0.15, 0.2) is 23.1 Å². The third kappa shape index (κ3) is 1.97. The van der Waals surface area contributed by atoms with Gasteiger partial charge in [-0.1, -0.05) is 6.07 Å². The molecule has 0 saturated carbocycles. The van der Waals surface area contributed by atoms with E-state index in [1.165, 1.54) is 4.88 Å². The molecule has 0 aromatic carbocycles. The number of aliphatic hydroxyl groups excluding tert-OH is 1. The number of hydrogen-bond donors (Lipinski definition) is 1. The molecule has 0 fully saturated rings. The molecular formula is C8H10OS. The van der Waals surface area contributed by atoms with Gasteiger partial charge in [0.05, 0.1) is 6.61 Å².